The molecule has 0 bridgehead atoms. The summed E-state index contributed by atoms with van der Waals surface area (Å²) in [7, 11) is 3.42. The Hall–Kier alpha value is -1.39. The second kappa shape index (κ2) is 11.5. The largest absolute Gasteiger partial charge is 0.481 e. The fourth-order valence-corrected chi connectivity index (χ4v) is 4.06. The van der Waals surface area contributed by atoms with Gasteiger partial charge in [0.1, 0.15) is 0 Å². The Morgan fingerprint density at radius 3 is 2.74 bits per heavy atom. The quantitative estimate of drug-likeness (QED) is 0.347. The average Bonchev–Trinajstić information content (AvgIpc) is 3.39. The minimum atomic E-state index is 0. The predicted molar refractivity (Wildman–Crippen MR) is 122 cm³/mol. The lowest BCUT2D eigenvalue weighted by molar-refractivity contribution is 0.249. The molecule has 0 spiro atoms. The average molecular weight is 501 g/mol. The van der Waals surface area contributed by atoms with E-state index < -0.39 is 0 Å². The van der Waals surface area contributed by atoms with Gasteiger partial charge in [0.2, 0.25) is 5.88 Å². The van der Waals surface area contributed by atoms with Gasteiger partial charge in [-0.05, 0) is 43.4 Å². The van der Waals surface area contributed by atoms with E-state index in [1.54, 1.807) is 14.2 Å². The van der Waals surface area contributed by atoms with Crippen LogP contribution < -0.4 is 15.4 Å². The Morgan fingerprint density at radius 2 is 2.07 bits per heavy atom. The highest BCUT2D eigenvalue weighted by Crippen LogP contribution is 2.27. The van der Waals surface area contributed by atoms with Crippen molar-refractivity contribution in [1.82, 2.24) is 20.5 Å². The summed E-state index contributed by atoms with van der Waals surface area (Å²) in [5.74, 6) is 1.41. The van der Waals surface area contributed by atoms with E-state index in [9.17, 15) is 0 Å². The first-order chi connectivity index (χ1) is 12.8. The number of likely N-dealkylation sites (tertiary alicyclic amines) is 1. The summed E-state index contributed by atoms with van der Waals surface area (Å²) in [4.78, 5) is 12.7. The summed E-state index contributed by atoms with van der Waals surface area (Å²) in [5.41, 5.74) is 0.918. The van der Waals surface area contributed by atoms with E-state index in [1.165, 1.54) is 30.8 Å². The Bertz CT molecular complexity index is 704. The van der Waals surface area contributed by atoms with E-state index in [1.807, 2.05) is 29.5 Å². The topological polar surface area (TPSA) is 61.8 Å². The molecule has 1 unspecified atom stereocenters. The number of nitrogens with zero attached hydrogens (tertiary/aromatic N) is 3. The predicted octanol–water partition coefficient (Wildman–Crippen LogP) is 3.27. The Labute approximate surface area is 182 Å². The van der Waals surface area contributed by atoms with Crippen LogP contribution in [0.15, 0.2) is 40.7 Å². The molecule has 1 fully saturated rings. The molecular formula is C19H28IN5OS. The fraction of sp³-hybridized carbons (Fsp3) is 0.474. The maximum atomic E-state index is 5.18. The Kier molecular flexibility index (Phi) is 9.29. The number of ether oxygens (including phenoxy) is 1. The molecule has 0 aromatic carbocycles. The van der Waals surface area contributed by atoms with Crippen molar-refractivity contribution in [3.8, 4) is 5.88 Å². The second-order valence-corrected chi connectivity index (χ2v) is 7.23. The van der Waals surface area contributed by atoms with Gasteiger partial charge in [-0.15, -0.1) is 35.3 Å². The molecule has 1 saturated heterocycles. The normalized spacial score (nSPS) is 15.9. The first kappa shape index (κ1) is 21.9. The summed E-state index contributed by atoms with van der Waals surface area (Å²) >= 11 is 1.83. The van der Waals surface area contributed by atoms with Crippen LogP contribution in [0.1, 0.15) is 29.5 Å². The van der Waals surface area contributed by atoms with Crippen molar-refractivity contribution in [2.24, 2.45) is 4.99 Å². The van der Waals surface area contributed by atoms with Crippen molar-refractivity contribution < 1.29 is 4.74 Å². The van der Waals surface area contributed by atoms with Crippen molar-refractivity contribution >= 4 is 41.3 Å². The van der Waals surface area contributed by atoms with Crippen molar-refractivity contribution in [3.05, 3.63) is 46.3 Å². The van der Waals surface area contributed by atoms with E-state index in [-0.39, 0.29) is 24.0 Å². The van der Waals surface area contributed by atoms with E-state index in [2.05, 4.69) is 43.0 Å². The molecule has 0 amide bonds. The van der Waals surface area contributed by atoms with Crippen LogP contribution in [0.3, 0.4) is 0 Å². The van der Waals surface area contributed by atoms with Gasteiger partial charge in [0.15, 0.2) is 5.96 Å². The summed E-state index contributed by atoms with van der Waals surface area (Å²) < 4.78 is 5.18. The SMILES string of the molecule is CN=C(NCc1cccc(OC)n1)NCC(c1cccs1)N1CCCC1.I. The zero-order chi connectivity index (χ0) is 18.2. The van der Waals surface area contributed by atoms with Gasteiger partial charge in [-0.1, -0.05) is 12.1 Å². The molecule has 8 heteroatoms. The molecule has 3 heterocycles. The number of hydrogen-bond donors (Lipinski definition) is 2. The number of rotatable bonds is 7. The number of pyridine rings is 1. The standard InChI is InChI=1S/C19H27N5OS.HI/c1-20-19(21-13-15-7-5-9-18(23-15)25-2)22-14-16(17-8-6-12-26-17)24-10-3-4-11-24;/h5-9,12,16H,3-4,10-11,13-14H2,1-2H3,(H2,20,21,22);1H. The lowest BCUT2D eigenvalue weighted by atomic mass is 10.2. The molecule has 1 aliphatic heterocycles. The van der Waals surface area contributed by atoms with Crippen LogP contribution in [0.5, 0.6) is 5.88 Å². The highest BCUT2D eigenvalue weighted by molar-refractivity contribution is 14.0. The van der Waals surface area contributed by atoms with Crippen molar-refractivity contribution in [2.45, 2.75) is 25.4 Å². The van der Waals surface area contributed by atoms with Crippen LogP contribution in [-0.2, 0) is 6.54 Å². The van der Waals surface area contributed by atoms with Crippen LogP contribution in [0.2, 0.25) is 0 Å². The first-order valence-electron chi connectivity index (χ1n) is 9.02. The van der Waals surface area contributed by atoms with Crippen LogP contribution in [0.4, 0.5) is 0 Å². The van der Waals surface area contributed by atoms with Crippen LogP contribution in [-0.4, -0.2) is 49.6 Å². The van der Waals surface area contributed by atoms with Gasteiger partial charge in [0, 0.05) is 24.5 Å². The van der Waals surface area contributed by atoms with Gasteiger partial charge >= 0.3 is 0 Å². The van der Waals surface area contributed by atoms with Gasteiger partial charge in [0.05, 0.1) is 25.4 Å². The van der Waals surface area contributed by atoms with Crippen LogP contribution in [0, 0.1) is 0 Å². The van der Waals surface area contributed by atoms with Crippen LogP contribution >= 0.6 is 35.3 Å². The number of nitrogens with one attached hydrogen (secondary N) is 2. The van der Waals surface area contributed by atoms with E-state index in [0.29, 0.717) is 18.5 Å². The van der Waals surface area contributed by atoms with Crippen molar-refractivity contribution in [1.29, 1.82) is 0 Å². The third-order valence-electron chi connectivity index (χ3n) is 4.57. The summed E-state index contributed by atoms with van der Waals surface area (Å²) in [6.45, 7) is 3.78. The number of aliphatic imine (C=N–C) groups is 1. The lowest BCUT2D eigenvalue weighted by Crippen LogP contribution is -2.42. The molecule has 2 aromatic rings. The highest BCUT2D eigenvalue weighted by atomic mass is 127. The molecule has 0 saturated carbocycles. The van der Waals surface area contributed by atoms with Crippen molar-refractivity contribution in [3.63, 3.8) is 0 Å². The van der Waals surface area contributed by atoms with E-state index in [0.717, 1.165) is 18.2 Å². The number of halogens is 1. The van der Waals surface area contributed by atoms with Gasteiger partial charge in [-0.3, -0.25) is 9.89 Å². The smallest absolute Gasteiger partial charge is 0.213 e. The molecule has 1 atom stereocenters. The minimum Gasteiger partial charge on any atom is -0.481 e. The third kappa shape index (κ3) is 6.32. The zero-order valence-corrected chi connectivity index (χ0v) is 19.0. The second-order valence-electron chi connectivity index (χ2n) is 6.25. The van der Waals surface area contributed by atoms with Gasteiger partial charge in [0.25, 0.3) is 0 Å². The maximum absolute atomic E-state index is 5.18. The van der Waals surface area contributed by atoms with Gasteiger partial charge < -0.3 is 15.4 Å². The molecular weight excluding hydrogens is 473 g/mol. The number of guanidine groups is 1. The molecule has 3 rings (SSSR count). The molecule has 2 aromatic heterocycles. The van der Waals surface area contributed by atoms with Crippen molar-refractivity contribution in [2.75, 3.05) is 33.8 Å². The fourth-order valence-electron chi connectivity index (χ4n) is 3.20. The van der Waals surface area contributed by atoms with E-state index in [4.69, 9.17) is 4.74 Å². The van der Waals surface area contributed by atoms with Gasteiger partial charge in [-0.25, -0.2) is 4.98 Å². The molecule has 1 aliphatic rings. The highest BCUT2D eigenvalue weighted by Gasteiger charge is 2.24. The number of aromatic nitrogens is 1. The maximum Gasteiger partial charge on any atom is 0.213 e. The molecule has 0 radical (unpaired) electrons. The summed E-state index contributed by atoms with van der Waals surface area (Å²) in [6, 6.07) is 10.5. The first-order valence-corrected chi connectivity index (χ1v) is 9.90. The molecule has 27 heavy (non-hydrogen) atoms. The molecule has 0 aliphatic carbocycles. The van der Waals surface area contributed by atoms with E-state index >= 15 is 0 Å². The monoisotopic (exact) mass is 501 g/mol. The van der Waals surface area contributed by atoms with Gasteiger partial charge in [-0.2, -0.15) is 0 Å². The van der Waals surface area contributed by atoms with Crippen LogP contribution in [0.25, 0.3) is 0 Å². The molecule has 148 valence electrons. The Balaban J connectivity index is 0.00000261. The summed E-state index contributed by atoms with van der Waals surface area (Å²) in [6.07, 6.45) is 2.58. The zero-order valence-electron chi connectivity index (χ0n) is 15.9. The number of hydrogen-bond acceptors (Lipinski definition) is 5. The number of methoxy groups -OCH3 is 1. The molecule has 2 N–H and O–H groups in total. The molecule has 6 nitrogen and oxygen atoms in total. The lowest BCUT2D eigenvalue weighted by Gasteiger charge is -2.27. The Morgan fingerprint density at radius 1 is 1.26 bits per heavy atom. The minimum absolute atomic E-state index is 0. The third-order valence-corrected chi connectivity index (χ3v) is 5.54. The summed E-state index contributed by atoms with van der Waals surface area (Å²) in [5, 5.41) is 8.97. The number of thiophene rings is 1.